The van der Waals surface area contributed by atoms with Gasteiger partial charge in [0, 0.05) is 38.6 Å². The van der Waals surface area contributed by atoms with E-state index in [0.29, 0.717) is 29.6 Å². The maximum absolute atomic E-state index is 12.0. The third kappa shape index (κ3) is 4.78. The van der Waals surface area contributed by atoms with Crippen LogP contribution in [0, 0.1) is 40.4 Å². The molecule has 0 aromatic carbocycles. The van der Waals surface area contributed by atoms with Crippen LogP contribution in [0.1, 0.15) is 119 Å². The molecule has 5 rings (SSSR count). The fraction of sp³-hybridized carbons (Fsp3) is 0.824. The van der Waals surface area contributed by atoms with Crippen molar-refractivity contribution in [1.29, 1.82) is 0 Å². The van der Waals surface area contributed by atoms with E-state index in [2.05, 4.69) is 46.0 Å². The largest absolute Gasteiger partial charge is 0.491 e. The Morgan fingerprint density at radius 1 is 1.18 bits per heavy atom. The molecule has 1 amide bonds. The van der Waals surface area contributed by atoms with Gasteiger partial charge in [-0.3, -0.25) is 9.59 Å². The number of fused-ring (bicyclic) bond motifs is 7. The molecule has 0 aromatic rings. The van der Waals surface area contributed by atoms with Crippen molar-refractivity contribution < 1.29 is 19.1 Å². The topological polar surface area (TPSA) is 64.6 Å². The molecule has 5 nitrogen and oxygen atoms in total. The number of nitrogens with one attached hydrogen (secondary N) is 1. The van der Waals surface area contributed by atoms with Gasteiger partial charge < -0.3 is 14.8 Å². The van der Waals surface area contributed by atoms with E-state index in [-0.39, 0.29) is 29.0 Å². The molecule has 39 heavy (non-hydrogen) atoms. The lowest BCUT2D eigenvalue weighted by Gasteiger charge is -2.58. The predicted octanol–water partition coefficient (Wildman–Crippen LogP) is 7.50. The van der Waals surface area contributed by atoms with Gasteiger partial charge in [-0.05, 0) is 98.4 Å². The van der Waals surface area contributed by atoms with Gasteiger partial charge in [0.15, 0.2) is 0 Å². The molecule has 0 radical (unpaired) electrons. The van der Waals surface area contributed by atoms with Gasteiger partial charge in [0.25, 0.3) is 0 Å². The highest BCUT2D eigenvalue weighted by Crippen LogP contribution is 2.72. The van der Waals surface area contributed by atoms with E-state index < -0.39 is 0 Å². The number of hydrogen-bond donors (Lipinski definition) is 1. The molecule has 5 aliphatic rings. The van der Waals surface area contributed by atoms with Crippen molar-refractivity contribution in [3.8, 4) is 0 Å². The van der Waals surface area contributed by atoms with Crippen molar-refractivity contribution >= 4 is 11.9 Å². The van der Waals surface area contributed by atoms with Gasteiger partial charge in [0.1, 0.15) is 11.7 Å². The van der Waals surface area contributed by atoms with Gasteiger partial charge in [-0.1, -0.05) is 46.3 Å². The van der Waals surface area contributed by atoms with Gasteiger partial charge in [-0.15, -0.1) is 0 Å². The maximum atomic E-state index is 12.0. The van der Waals surface area contributed by atoms with Crippen molar-refractivity contribution in [1.82, 2.24) is 5.32 Å². The molecule has 3 fully saturated rings. The van der Waals surface area contributed by atoms with E-state index in [1.165, 1.54) is 37.0 Å². The van der Waals surface area contributed by atoms with Gasteiger partial charge in [-0.25, -0.2) is 0 Å². The summed E-state index contributed by atoms with van der Waals surface area (Å²) in [5.74, 6) is 4.35. The van der Waals surface area contributed by atoms with Crippen LogP contribution in [0.3, 0.4) is 0 Å². The minimum Gasteiger partial charge on any atom is -0.491 e. The second-order valence-electron chi connectivity index (χ2n) is 14.4. The summed E-state index contributed by atoms with van der Waals surface area (Å²) in [4.78, 5) is 23.3. The Hall–Kier alpha value is -1.78. The number of carbonyl (C=O) groups excluding carboxylic acids is 2. The molecule has 1 heterocycles. The van der Waals surface area contributed by atoms with E-state index in [9.17, 15) is 9.59 Å². The Morgan fingerprint density at radius 3 is 2.64 bits per heavy atom. The second-order valence-corrected chi connectivity index (χ2v) is 14.4. The van der Waals surface area contributed by atoms with Crippen molar-refractivity contribution in [3.63, 3.8) is 0 Å². The summed E-state index contributed by atoms with van der Waals surface area (Å²) in [6.45, 7) is 16.3. The van der Waals surface area contributed by atoms with Crippen LogP contribution in [0.25, 0.3) is 0 Å². The summed E-state index contributed by atoms with van der Waals surface area (Å²) in [6, 6.07) is 0. The summed E-state index contributed by atoms with van der Waals surface area (Å²) in [5, 5.41) is 2.97. The van der Waals surface area contributed by atoms with Crippen LogP contribution < -0.4 is 5.32 Å². The van der Waals surface area contributed by atoms with Crippen LogP contribution in [0.5, 0.6) is 0 Å². The minimum absolute atomic E-state index is 0.0501. The molecule has 5 heteroatoms. The Kier molecular flexibility index (Phi) is 7.78. The van der Waals surface area contributed by atoms with Gasteiger partial charge in [0.2, 0.25) is 5.91 Å². The molecule has 7 unspecified atom stereocenters. The standard InChI is InChI=1S/C34H53NO4/c1-8-30(37)38-25-14-16-32(6)24(18-25)11-12-26-27(32)15-17-33(7)28(26)19-34(9-2)31(33)22(4)29(39-34)13-10-21(3)20-35-23(5)36/h11,21,25-28,31H,8-10,12-20H2,1-7H3,(H,35,36)/t21?,25?,26?,27?,28?,31?,32-,33-,34?/m0/s1. The maximum Gasteiger partial charge on any atom is 0.305 e. The predicted molar refractivity (Wildman–Crippen MR) is 155 cm³/mol. The quantitative estimate of drug-likeness (QED) is 0.256. The second kappa shape index (κ2) is 10.6. The Bertz CT molecular complexity index is 1050. The van der Waals surface area contributed by atoms with E-state index in [0.717, 1.165) is 56.9 Å². The van der Waals surface area contributed by atoms with Crippen molar-refractivity contribution in [2.75, 3.05) is 6.54 Å². The molecule has 0 aromatic heterocycles. The molecule has 1 N–H and O–H groups in total. The first-order valence-corrected chi connectivity index (χ1v) is 16.0. The molecular weight excluding hydrogens is 486 g/mol. The van der Waals surface area contributed by atoms with Gasteiger partial charge in [0.05, 0.1) is 5.76 Å². The minimum atomic E-state index is -0.0568. The normalized spacial score (nSPS) is 41.4. The van der Waals surface area contributed by atoms with E-state index in [1.807, 2.05) is 6.92 Å². The number of carbonyl (C=O) groups is 2. The molecule has 0 spiro atoms. The van der Waals surface area contributed by atoms with Crippen LogP contribution in [0.15, 0.2) is 23.0 Å². The van der Waals surface area contributed by atoms with Crippen LogP contribution in [0.4, 0.5) is 0 Å². The Labute approximate surface area is 236 Å². The van der Waals surface area contributed by atoms with Crippen molar-refractivity contribution in [3.05, 3.63) is 23.0 Å². The first-order chi connectivity index (χ1) is 18.5. The molecular formula is C34H53NO4. The van der Waals surface area contributed by atoms with Crippen LogP contribution in [-0.4, -0.2) is 30.1 Å². The molecule has 1 aliphatic heterocycles. The third-order valence-electron chi connectivity index (χ3n) is 12.2. The van der Waals surface area contributed by atoms with E-state index in [4.69, 9.17) is 9.47 Å². The monoisotopic (exact) mass is 539 g/mol. The molecule has 218 valence electrons. The lowest BCUT2D eigenvalue weighted by molar-refractivity contribution is -0.151. The highest BCUT2D eigenvalue weighted by molar-refractivity contribution is 5.72. The van der Waals surface area contributed by atoms with Crippen LogP contribution in [-0.2, 0) is 19.1 Å². The van der Waals surface area contributed by atoms with Gasteiger partial charge in [-0.2, -0.15) is 0 Å². The smallest absolute Gasteiger partial charge is 0.305 e. The lowest BCUT2D eigenvalue weighted by atomic mass is 9.47. The zero-order valence-corrected chi connectivity index (χ0v) is 25.7. The number of esters is 1. The van der Waals surface area contributed by atoms with Crippen molar-refractivity contribution in [2.24, 2.45) is 40.4 Å². The summed E-state index contributed by atoms with van der Waals surface area (Å²) < 4.78 is 12.9. The number of hydrogen-bond acceptors (Lipinski definition) is 4. The molecule has 0 bridgehead atoms. The number of allylic oxidation sites excluding steroid dienone is 2. The van der Waals surface area contributed by atoms with Gasteiger partial charge >= 0.3 is 5.97 Å². The summed E-state index contributed by atoms with van der Waals surface area (Å²) in [7, 11) is 0. The van der Waals surface area contributed by atoms with Crippen LogP contribution in [0.2, 0.25) is 0 Å². The summed E-state index contributed by atoms with van der Waals surface area (Å²) in [6.07, 6.45) is 14.2. The van der Waals surface area contributed by atoms with Crippen molar-refractivity contribution in [2.45, 2.75) is 131 Å². The van der Waals surface area contributed by atoms with Crippen LogP contribution >= 0.6 is 0 Å². The zero-order chi connectivity index (χ0) is 28.2. The van der Waals surface area contributed by atoms with E-state index in [1.54, 1.807) is 12.5 Å². The fourth-order valence-corrected chi connectivity index (χ4v) is 10.1. The number of amides is 1. The third-order valence-corrected chi connectivity index (χ3v) is 12.2. The highest BCUT2D eigenvalue weighted by atomic mass is 16.5. The first-order valence-electron chi connectivity index (χ1n) is 16.0. The average Bonchev–Trinajstić information content (AvgIpc) is 3.34. The average molecular weight is 540 g/mol. The lowest BCUT2D eigenvalue weighted by Crippen LogP contribution is -2.50. The Balaban J connectivity index is 1.34. The molecule has 9 atom stereocenters. The SMILES string of the molecule is CCC(=O)OC1CC[C@@]2(C)C(=CCC3C4CC5(CC)OC(CCC(C)CNC(C)=O)=C(C)C5[C@@]4(C)CCC32)C1. The Morgan fingerprint density at radius 2 is 1.95 bits per heavy atom. The molecule has 3 saturated carbocycles. The molecule has 4 aliphatic carbocycles. The highest BCUT2D eigenvalue weighted by Gasteiger charge is 2.68. The summed E-state index contributed by atoms with van der Waals surface area (Å²) in [5.41, 5.74) is 3.57. The zero-order valence-electron chi connectivity index (χ0n) is 25.7. The number of rotatable bonds is 8. The first kappa shape index (κ1) is 28.7. The molecule has 0 saturated heterocycles. The number of ether oxygens (including phenoxy) is 2. The fourth-order valence-electron chi connectivity index (χ4n) is 10.1. The van der Waals surface area contributed by atoms with E-state index >= 15 is 0 Å². The summed E-state index contributed by atoms with van der Waals surface area (Å²) >= 11 is 0.